The molecule has 31 heavy (non-hydrogen) atoms. The maximum Gasteiger partial charge on any atom is 1.00 e. The van der Waals surface area contributed by atoms with Crippen molar-refractivity contribution >= 4 is 22.3 Å². The third-order valence-electron chi connectivity index (χ3n) is 4.31. The van der Waals surface area contributed by atoms with E-state index in [0.29, 0.717) is 0 Å². The number of carbonyl (C=O) groups excluding carboxylic acids is 2. The quantitative estimate of drug-likeness (QED) is 0.148. The minimum absolute atomic E-state index is 0. The van der Waals surface area contributed by atoms with E-state index in [2.05, 4.69) is 9.50 Å². The van der Waals surface area contributed by atoms with Crippen molar-refractivity contribution in [3.63, 3.8) is 0 Å². The molecule has 0 saturated carbocycles. The minimum Gasteiger partial charge on any atom is -0.726 e. The van der Waals surface area contributed by atoms with Gasteiger partial charge in [0.15, 0.2) is 6.29 Å². The van der Waals surface area contributed by atoms with Crippen molar-refractivity contribution in [1.29, 1.82) is 0 Å². The van der Waals surface area contributed by atoms with Crippen LogP contribution in [0.15, 0.2) is 0 Å². The fourth-order valence-electron chi connectivity index (χ4n) is 3.01. The topological polar surface area (TPSA) is 224 Å². The normalized spacial score (nSPS) is 35.9. The second kappa shape index (κ2) is 13.5. The number of carboxylic acids is 1. The summed E-state index contributed by atoms with van der Waals surface area (Å²) in [6.45, 7) is -0.179. The summed E-state index contributed by atoms with van der Waals surface area (Å²) >= 11 is 0. The van der Waals surface area contributed by atoms with Crippen LogP contribution in [0.1, 0.15) is 13.3 Å². The maximum atomic E-state index is 11.4. The van der Waals surface area contributed by atoms with Crippen molar-refractivity contribution in [2.24, 2.45) is 0 Å². The molecule has 0 spiro atoms. The number of rotatable bonds is 7. The van der Waals surface area contributed by atoms with Crippen LogP contribution in [0.25, 0.3) is 0 Å². The van der Waals surface area contributed by atoms with Gasteiger partial charge in [0.1, 0.15) is 30.5 Å². The molecule has 2 fully saturated rings. The molecule has 0 radical (unpaired) electrons. The molecule has 4 unspecified atom stereocenters. The van der Waals surface area contributed by atoms with Crippen LogP contribution in [0.5, 0.6) is 0 Å². The zero-order valence-corrected chi connectivity index (χ0v) is 21.9. The first-order valence-corrected chi connectivity index (χ1v) is 9.77. The smallest absolute Gasteiger partial charge is 0.726 e. The van der Waals surface area contributed by atoms with Gasteiger partial charge in [0.25, 0.3) is 0 Å². The van der Waals surface area contributed by atoms with Crippen molar-refractivity contribution in [1.82, 2.24) is 5.32 Å². The van der Waals surface area contributed by atoms with Crippen LogP contribution >= 0.6 is 0 Å². The molecule has 2 heterocycles. The summed E-state index contributed by atoms with van der Waals surface area (Å²) in [5.41, 5.74) is 0. The summed E-state index contributed by atoms with van der Waals surface area (Å²) < 4.78 is 51.7. The number of aliphatic hydroxyl groups excluding tert-OH is 3. The van der Waals surface area contributed by atoms with Crippen LogP contribution in [0, 0.1) is 0 Å². The molecule has 8 atom stereocenters. The molecule has 2 saturated heterocycles. The molecule has 2 aliphatic rings. The minimum atomic E-state index is -5.06. The van der Waals surface area contributed by atoms with Gasteiger partial charge in [-0.1, -0.05) is 0 Å². The van der Waals surface area contributed by atoms with E-state index in [-0.39, 0.29) is 65.5 Å². The maximum absolute atomic E-state index is 11.4. The molecule has 0 bridgehead atoms. The molecule has 17 heteroatoms. The van der Waals surface area contributed by atoms with Gasteiger partial charge in [-0.05, 0) is 0 Å². The number of hydrogen-bond donors (Lipinski definition) is 4. The number of hydrogen-bond acceptors (Lipinski definition) is 13. The Bertz CT molecular complexity index is 710. The van der Waals surface area contributed by atoms with Crippen molar-refractivity contribution in [3.8, 4) is 0 Å². The molecular weight excluding hydrogens is 468 g/mol. The van der Waals surface area contributed by atoms with Gasteiger partial charge in [0.2, 0.25) is 16.3 Å². The first-order valence-electron chi connectivity index (χ1n) is 8.44. The second-order valence-electron chi connectivity index (χ2n) is 6.58. The van der Waals surface area contributed by atoms with Crippen molar-refractivity contribution in [3.05, 3.63) is 0 Å². The number of carboxylic acid groups (broad SMARTS) is 1. The molecule has 0 aliphatic carbocycles. The Labute approximate surface area is 222 Å². The summed E-state index contributed by atoms with van der Waals surface area (Å²) in [7, 11) is -5.06. The molecule has 1 amide bonds. The van der Waals surface area contributed by atoms with Gasteiger partial charge in [0.05, 0.1) is 31.4 Å². The van der Waals surface area contributed by atoms with Crippen molar-refractivity contribution in [2.75, 3.05) is 13.2 Å². The monoisotopic (exact) mass is 489 g/mol. The number of nitrogens with one attached hydrogen (secondary N) is 1. The van der Waals surface area contributed by atoms with Crippen molar-refractivity contribution in [2.45, 2.75) is 62.3 Å². The first-order chi connectivity index (χ1) is 13.4. The molecule has 4 N–H and O–H groups in total. The van der Waals surface area contributed by atoms with Crippen LogP contribution in [-0.2, 0) is 38.4 Å². The van der Waals surface area contributed by atoms with Crippen LogP contribution in [-0.4, -0.2) is 102 Å². The van der Waals surface area contributed by atoms with Gasteiger partial charge in [-0.25, -0.2) is 8.42 Å². The molecule has 0 aromatic heterocycles. The number of aliphatic carboxylic acids is 1. The van der Waals surface area contributed by atoms with E-state index in [0.717, 1.165) is 6.92 Å². The first kappa shape index (κ1) is 31.6. The molecule has 0 aromatic carbocycles. The van der Waals surface area contributed by atoms with Crippen LogP contribution in [0.3, 0.4) is 0 Å². The molecule has 168 valence electrons. The Morgan fingerprint density at radius 2 is 1.81 bits per heavy atom. The van der Waals surface area contributed by atoms with E-state index >= 15 is 0 Å². The molecule has 14 nitrogen and oxygen atoms in total. The second-order valence-corrected chi connectivity index (χ2v) is 7.63. The molecule has 0 aromatic rings. The van der Waals surface area contributed by atoms with E-state index in [1.807, 2.05) is 0 Å². The van der Waals surface area contributed by atoms with Gasteiger partial charge in [-0.15, -0.1) is 0 Å². The van der Waals surface area contributed by atoms with E-state index in [4.69, 9.17) is 14.2 Å². The molecule has 2 rings (SSSR count). The Kier molecular flexibility index (Phi) is 13.7. The summed E-state index contributed by atoms with van der Waals surface area (Å²) in [4.78, 5) is 22.7. The number of ether oxygens (including phenoxy) is 3. The van der Waals surface area contributed by atoms with Crippen LogP contribution < -0.4 is 69.5 Å². The summed E-state index contributed by atoms with van der Waals surface area (Å²) in [5, 5.41) is 43.7. The van der Waals surface area contributed by atoms with Crippen molar-refractivity contribution < 1.29 is 120 Å². The van der Waals surface area contributed by atoms with Gasteiger partial charge in [0, 0.05) is 13.3 Å². The standard InChI is InChI=1S/C14H23NO13S.2Na/c1-5(16)15-9-7(17)2-6(3-26-29(22,23)24)27-14(9)28-11-10(19)8(18)4-25-12(11)13(20)21;;/h6-12,14,17-19H,2-4H2,1H3,(H,15,16)(H,20,21)(H,22,23,24);;/q;2*+1/p-2/t6?,7-,8?,9?,10+,11-,12?,14+;;/m1../s1. The fourth-order valence-corrected chi connectivity index (χ4v) is 3.33. The van der Waals surface area contributed by atoms with E-state index in [1.54, 1.807) is 0 Å². The predicted molar refractivity (Wildman–Crippen MR) is 84.2 cm³/mol. The SMILES string of the molecule is CC(=O)NC1[C@H](O[C@H]2C(C(=O)[O-])OCC(O)[C@@H]2O)OC(COS(=O)(=O)[O-])C[C@H]1O.[Na+].[Na+]. The van der Waals surface area contributed by atoms with Gasteiger partial charge in [-0.3, -0.25) is 8.98 Å². The van der Waals surface area contributed by atoms with Gasteiger partial charge >= 0.3 is 59.1 Å². The van der Waals surface area contributed by atoms with E-state index in [1.165, 1.54) is 0 Å². The zero-order valence-electron chi connectivity index (χ0n) is 17.1. The largest absolute Gasteiger partial charge is 1.00 e. The Morgan fingerprint density at radius 1 is 1.19 bits per heavy atom. The zero-order chi connectivity index (χ0) is 21.9. The summed E-state index contributed by atoms with van der Waals surface area (Å²) in [6.07, 6.45) is -11.3. The van der Waals surface area contributed by atoms with E-state index in [9.17, 15) is 43.0 Å². The Morgan fingerprint density at radius 3 is 2.32 bits per heavy atom. The van der Waals surface area contributed by atoms with E-state index < -0.39 is 84.4 Å². The number of aliphatic hydroxyl groups is 3. The fraction of sp³-hybridized carbons (Fsp3) is 0.857. The summed E-state index contributed by atoms with van der Waals surface area (Å²) in [5.74, 6) is -2.37. The predicted octanol–water partition coefficient (Wildman–Crippen LogP) is -11.3. The molecule has 2 aliphatic heterocycles. The average Bonchev–Trinajstić information content (AvgIpc) is 2.59. The average molecular weight is 489 g/mol. The van der Waals surface area contributed by atoms with Crippen LogP contribution in [0.4, 0.5) is 0 Å². The third kappa shape index (κ3) is 9.38. The van der Waals surface area contributed by atoms with Crippen LogP contribution in [0.2, 0.25) is 0 Å². The summed E-state index contributed by atoms with van der Waals surface area (Å²) in [6, 6.07) is -1.26. The Hall–Kier alpha value is 0.570. The number of carbonyl (C=O) groups is 2. The third-order valence-corrected chi connectivity index (χ3v) is 4.73. The van der Waals surface area contributed by atoms with Gasteiger partial charge in [-0.2, -0.15) is 0 Å². The van der Waals surface area contributed by atoms with Gasteiger partial charge < -0.3 is 49.3 Å². The number of amides is 1. The molecular formula is C14H21NNa2O13S. The Balaban J connectivity index is 0.00000450.